The van der Waals surface area contributed by atoms with Gasteiger partial charge in [-0.15, -0.1) is 11.6 Å². The summed E-state index contributed by atoms with van der Waals surface area (Å²) in [6, 6.07) is 10.9. The van der Waals surface area contributed by atoms with Crippen molar-refractivity contribution in [1.82, 2.24) is 0 Å². The molecule has 1 aromatic carbocycles. The van der Waals surface area contributed by atoms with Crippen LogP contribution in [0.25, 0.3) is 0 Å². The Hall–Kier alpha value is -1.94. The van der Waals surface area contributed by atoms with Crippen LogP contribution < -0.4 is 9.64 Å². The number of amides is 1. The number of alkyl halides is 1. The molecule has 5 heteroatoms. The van der Waals surface area contributed by atoms with Gasteiger partial charge in [-0.05, 0) is 24.3 Å². The number of anilines is 1. The van der Waals surface area contributed by atoms with Gasteiger partial charge in [-0.2, -0.15) is 0 Å². The molecule has 4 nitrogen and oxygen atoms in total. The molecule has 0 aliphatic heterocycles. The number of methoxy groups -OCH3 is 1. The number of rotatable bonds is 5. The molecule has 0 radical (unpaired) electrons. The molecule has 1 aromatic heterocycles. The van der Waals surface area contributed by atoms with Crippen molar-refractivity contribution < 1.29 is 13.9 Å². The Morgan fingerprint density at radius 3 is 2.84 bits per heavy atom. The molecule has 0 N–H and O–H groups in total. The smallest absolute Gasteiger partial charge is 0.242 e. The summed E-state index contributed by atoms with van der Waals surface area (Å²) >= 11 is 5.66. The molecule has 0 fully saturated rings. The molecule has 0 bridgehead atoms. The molecule has 0 saturated heterocycles. The zero-order valence-electron chi connectivity index (χ0n) is 10.5. The first-order chi connectivity index (χ1) is 9.24. The van der Waals surface area contributed by atoms with Gasteiger partial charge in [0, 0.05) is 11.8 Å². The molecule has 0 atom stereocenters. The van der Waals surface area contributed by atoms with Crippen LogP contribution in [-0.4, -0.2) is 18.9 Å². The minimum Gasteiger partial charge on any atom is -0.497 e. The van der Waals surface area contributed by atoms with Crippen LogP contribution in [0, 0.1) is 0 Å². The lowest BCUT2D eigenvalue weighted by atomic mass is 10.2. The number of nitrogens with zero attached hydrogens (tertiary/aromatic N) is 1. The van der Waals surface area contributed by atoms with E-state index in [1.807, 2.05) is 24.3 Å². The van der Waals surface area contributed by atoms with Crippen molar-refractivity contribution in [3.05, 3.63) is 48.4 Å². The average Bonchev–Trinajstić information content (AvgIpc) is 2.97. The van der Waals surface area contributed by atoms with E-state index < -0.39 is 0 Å². The molecule has 0 spiro atoms. The lowest BCUT2D eigenvalue weighted by Crippen LogP contribution is -2.31. The Balaban J connectivity index is 2.28. The summed E-state index contributed by atoms with van der Waals surface area (Å²) in [7, 11) is 1.58. The number of halogens is 1. The highest BCUT2D eigenvalue weighted by Gasteiger charge is 2.17. The maximum absolute atomic E-state index is 11.9. The van der Waals surface area contributed by atoms with E-state index in [9.17, 15) is 4.79 Å². The maximum atomic E-state index is 11.9. The van der Waals surface area contributed by atoms with Gasteiger partial charge in [0.15, 0.2) is 0 Å². The number of hydrogen-bond donors (Lipinski definition) is 0. The van der Waals surface area contributed by atoms with Gasteiger partial charge in [0.1, 0.15) is 17.4 Å². The maximum Gasteiger partial charge on any atom is 0.242 e. The van der Waals surface area contributed by atoms with E-state index in [-0.39, 0.29) is 11.8 Å². The SMILES string of the molecule is COc1cccc(N(Cc2ccco2)C(=O)CCl)c1. The van der Waals surface area contributed by atoms with Gasteiger partial charge in [-0.3, -0.25) is 4.79 Å². The Labute approximate surface area is 116 Å². The summed E-state index contributed by atoms with van der Waals surface area (Å²) in [4.78, 5) is 13.5. The number of hydrogen-bond acceptors (Lipinski definition) is 3. The molecule has 0 unspecified atom stereocenters. The molecule has 0 aliphatic carbocycles. The summed E-state index contributed by atoms with van der Waals surface area (Å²) in [5, 5.41) is 0. The first-order valence-corrected chi connectivity index (χ1v) is 6.31. The molecular weight excluding hydrogens is 266 g/mol. The normalized spacial score (nSPS) is 10.2. The van der Waals surface area contributed by atoms with Crippen molar-refractivity contribution in [3.8, 4) is 5.75 Å². The van der Waals surface area contributed by atoms with Crippen LogP contribution in [-0.2, 0) is 11.3 Å². The van der Waals surface area contributed by atoms with Gasteiger partial charge in [-0.25, -0.2) is 0 Å². The van der Waals surface area contributed by atoms with E-state index in [0.29, 0.717) is 18.1 Å². The molecule has 0 aliphatic rings. The van der Waals surface area contributed by atoms with Gasteiger partial charge in [0.25, 0.3) is 0 Å². The first-order valence-electron chi connectivity index (χ1n) is 5.77. The summed E-state index contributed by atoms with van der Waals surface area (Å²) in [6.45, 7) is 0.339. The summed E-state index contributed by atoms with van der Waals surface area (Å²) < 4.78 is 10.4. The van der Waals surface area contributed by atoms with Gasteiger partial charge < -0.3 is 14.1 Å². The summed E-state index contributed by atoms with van der Waals surface area (Å²) in [5.41, 5.74) is 0.724. The quantitative estimate of drug-likeness (QED) is 0.790. The second kappa shape index (κ2) is 6.29. The predicted octanol–water partition coefficient (Wildman–Crippen LogP) is 3.06. The number of carbonyl (C=O) groups excluding carboxylic acids is 1. The van der Waals surface area contributed by atoms with Gasteiger partial charge in [-0.1, -0.05) is 6.07 Å². The fraction of sp³-hybridized carbons (Fsp3) is 0.214. The van der Waals surface area contributed by atoms with Crippen molar-refractivity contribution in [3.63, 3.8) is 0 Å². The Bertz CT molecular complexity index is 539. The van der Waals surface area contributed by atoms with Crippen LogP contribution in [0.4, 0.5) is 5.69 Å². The molecule has 0 saturated carbocycles. The van der Waals surface area contributed by atoms with Gasteiger partial charge in [0.05, 0.1) is 19.9 Å². The van der Waals surface area contributed by atoms with Crippen molar-refractivity contribution in [2.45, 2.75) is 6.54 Å². The van der Waals surface area contributed by atoms with Crippen LogP contribution in [0.3, 0.4) is 0 Å². The third-order valence-electron chi connectivity index (χ3n) is 2.67. The van der Waals surface area contributed by atoms with Crippen molar-refractivity contribution in [1.29, 1.82) is 0 Å². The van der Waals surface area contributed by atoms with Crippen molar-refractivity contribution in [2.24, 2.45) is 0 Å². The second-order valence-electron chi connectivity index (χ2n) is 3.89. The largest absolute Gasteiger partial charge is 0.497 e. The van der Waals surface area contributed by atoms with Crippen molar-refractivity contribution in [2.75, 3.05) is 17.9 Å². The van der Waals surface area contributed by atoms with Crippen LogP contribution in [0.1, 0.15) is 5.76 Å². The Morgan fingerprint density at radius 1 is 1.37 bits per heavy atom. The molecule has 1 amide bonds. The highest BCUT2D eigenvalue weighted by Crippen LogP contribution is 2.23. The molecular formula is C14H14ClNO3. The minimum absolute atomic E-state index is 0.0854. The predicted molar refractivity (Wildman–Crippen MR) is 73.6 cm³/mol. The van der Waals surface area contributed by atoms with Crippen molar-refractivity contribution >= 4 is 23.2 Å². The molecule has 100 valence electrons. The topological polar surface area (TPSA) is 42.7 Å². The zero-order valence-corrected chi connectivity index (χ0v) is 11.3. The second-order valence-corrected chi connectivity index (χ2v) is 4.16. The number of carbonyl (C=O) groups is 1. The Kier molecular flexibility index (Phi) is 4.47. The third kappa shape index (κ3) is 3.29. The lowest BCUT2D eigenvalue weighted by molar-refractivity contribution is -0.116. The van der Waals surface area contributed by atoms with E-state index in [2.05, 4.69) is 0 Å². The highest BCUT2D eigenvalue weighted by atomic mass is 35.5. The standard InChI is InChI=1S/C14H14ClNO3/c1-18-12-5-2-4-11(8-12)16(14(17)9-15)10-13-6-3-7-19-13/h2-8H,9-10H2,1H3. The first kappa shape index (κ1) is 13.5. The van der Waals surface area contributed by atoms with E-state index in [1.165, 1.54) is 0 Å². The summed E-state index contributed by atoms with van der Waals surface area (Å²) in [6.07, 6.45) is 1.57. The number of furan rings is 1. The van der Waals surface area contributed by atoms with Crippen LogP contribution >= 0.6 is 11.6 Å². The zero-order chi connectivity index (χ0) is 13.7. The number of benzene rings is 1. The van der Waals surface area contributed by atoms with Crippen LogP contribution in [0.15, 0.2) is 47.1 Å². The highest BCUT2D eigenvalue weighted by molar-refractivity contribution is 6.29. The Morgan fingerprint density at radius 2 is 2.21 bits per heavy atom. The van der Waals surface area contributed by atoms with E-state index in [4.69, 9.17) is 20.8 Å². The molecule has 2 rings (SSSR count). The van der Waals surface area contributed by atoms with E-state index in [1.54, 1.807) is 30.4 Å². The fourth-order valence-corrected chi connectivity index (χ4v) is 1.88. The van der Waals surface area contributed by atoms with E-state index in [0.717, 1.165) is 5.69 Å². The number of ether oxygens (including phenoxy) is 1. The molecule has 1 heterocycles. The fourth-order valence-electron chi connectivity index (χ4n) is 1.73. The van der Waals surface area contributed by atoms with Crippen LogP contribution in [0.5, 0.6) is 5.75 Å². The van der Waals surface area contributed by atoms with Gasteiger partial charge in [0.2, 0.25) is 5.91 Å². The van der Waals surface area contributed by atoms with Gasteiger partial charge >= 0.3 is 0 Å². The molecule has 2 aromatic rings. The lowest BCUT2D eigenvalue weighted by Gasteiger charge is -2.21. The van der Waals surface area contributed by atoms with E-state index >= 15 is 0 Å². The minimum atomic E-state index is -0.189. The monoisotopic (exact) mass is 279 g/mol. The third-order valence-corrected chi connectivity index (χ3v) is 2.90. The summed E-state index contributed by atoms with van der Waals surface area (Å²) in [5.74, 6) is 1.11. The molecule has 19 heavy (non-hydrogen) atoms. The van der Waals surface area contributed by atoms with Crippen LogP contribution in [0.2, 0.25) is 0 Å². The average molecular weight is 280 g/mol.